The molecule has 196 valence electrons. The molecule has 0 unspecified atom stereocenters. The maximum Gasteiger partial charge on any atom is 0.328 e. The third kappa shape index (κ3) is 6.07. The molecule has 0 saturated carbocycles. The first-order valence-corrected chi connectivity index (χ1v) is 13.2. The number of hydrogen-bond acceptors (Lipinski definition) is 4. The first-order chi connectivity index (χ1) is 16.8. The fraction of sp³-hybridized carbons (Fsp3) is 0.517. The average molecular weight is 534 g/mol. The Hall–Kier alpha value is -2.08. The third-order valence-electron chi connectivity index (χ3n) is 7.28. The van der Waals surface area contributed by atoms with Crippen molar-refractivity contribution >= 4 is 35.1 Å². The summed E-state index contributed by atoms with van der Waals surface area (Å²) in [4.78, 5) is 26.3. The molecule has 1 fully saturated rings. The van der Waals surface area contributed by atoms with Crippen LogP contribution in [-0.2, 0) is 19.7 Å². The summed E-state index contributed by atoms with van der Waals surface area (Å²) >= 11 is 12.7. The molecule has 0 aromatic heterocycles. The molecule has 5 nitrogen and oxygen atoms in total. The highest BCUT2D eigenvalue weighted by atomic mass is 35.5. The van der Waals surface area contributed by atoms with Crippen LogP contribution in [0.25, 0.3) is 0 Å². The molecule has 7 heteroatoms. The van der Waals surface area contributed by atoms with Crippen LogP contribution in [0.3, 0.4) is 0 Å². The van der Waals surface area contributed by atoms with Crippen LogP contribution in [0, 0.1) is 11.3 Å². The lowest BCUT2D eigenvalue weighted by Crippen LogP contribution is -2.52. The van der Waals surface area contributed by atoms with E-state index in [1.54, 1.807) is 0 Å². The molecule has 1 amide bonds. The third-order valence-corrected chi connectivity index (χ3v) is 7.76. The number of halogens is 2. The van der Waals surface area contributed by atoms with Gasteiger partial charge in [0.2, 0.25) is 5.91 Å². The van der Waals surface area contributed by atoms with E-state index >= 15 is 0 Å². The summed E-state index contributed by atoms with van der Waals surface area (Å²) in [6, 6.07) is 14.2. The molecule has 1 aliphatic rings. The van der Waals surface area contributed by atoms with Crippen molar-refractivity contribution in [1.82, 2.24) is 10.6 Å². The molecule has 1 heterocycles. The van der Waals surface area contributed by atoms with Gasteiger partial charge in [-0.3, -0.25) is 4.79 Å². The van der Waals surface area contributed by atoms with Crippen molar-refractivity contribution in [2.75, 3.05) is 7.11 Å². The van der Waals surface area contributed by atoms with Gasteiger partial charge in [0.25, 0.3) is 0 Å². The monoisotopic (exact) mass is 532 g/mol. The first kappa shape index (κ1) is 28.5. The van der Waals surface area contributed by atoms with Gasteiger partial charge in [-0.15, -0.1) is 0 Å². The zero-order chi connectivity index (χ0) is 26.8. The molecule has 0 bridgehead atoms. The van der Waals surface area contributed by atoms with Gasteiger partial charge in [-0.1, -0.05) is 89.0 Å². The Labute approximate surface area is 225 Å². The van der Waals surface area contributed by atoms with Gasteiger partial charge in [-0.05, 0) is 53.1 Å². The van der Waals surface area contributed by atoms with E-state index < -0.39 is 23.5 Å². The van der Waals surface area contributed by atoms with Crippen LogP contribution >= 0.6 is 23.2 Å². The predicted molar refractivity (Wildman–Crippen MR) is 147 cm³/mol. The minimum absolute atomic E-state index is 0.00207. The summed E-state index contributed by atoms with van der Waals surface area (Å²) in [6.07, 6.45) is 0.831. The van der Waals surface area contributed by atoms with Gasteiger partial charge < -0.3 is 15.4 Å². The zero-order valence-electron chi connectivity index (χ0n) is 22.2. The van der Waals surface area contributed by atoms with Crippen LogP contribution < -0.4 is 10.6 Å². The largest absolute Gasteiger partial charge is 0.467 e. The molecule has 36 heavy (non-hydrogen) atoms. The summed E-state index contributed by atoms with van der Waals surface area (Å²) in [7, 11) is 1.34. The van der Waals surface area contributed by atoms with Crippen molar-refractivity contribution in [3.05, 3.63) is 69.7 Å². The van der Waals surface area contributed by atoms with E-state index in [0.29, 0.717) is 10.0 Å². The number of benzene rings is 2. The van der Waals surface area contributed by atoms with Crippen LogP contribution in [0.15, 0.2) is 48.5 Å². The number of methoxy groups -OCH3 is 1. The number of carbonyl (C=O) groups is 2. The number of esters is 1. The van der Waals surface area contributed by atoms with Crippen molar-refractivity contribution in [2.24, 2.45) is 11.3 Å². The highest BCUT2D eigenvalue weighted by molar-refractivity contribution is 6.30. The van der Waals surface area contributed by atoms with E-state index in [1.807, 2.05) is 62.4 Å². The summed E-state index contributed by atoms with van der Waals surface area (Å²) < 4.78 is 4.97. The second-order valence-electron chi connectivity index (χ2n) is 11.5. The number of amides is 1. The highest BCUT2D eigenvalue weighted by Gasteiger charge is 2.56. The molecule has 0 aliphatic carbocycles. The first-order valence-electron chi connectivity index (χ1n) is 12.4. The van der Waals surface area contributed by atoms with E-state index in [4.69, 9.17) is 27.9 Å². The van der Waals surface area contributed by atoms with Crippen molar-refractivity contribution < 1.29 is 14.3 Å². The fourth-order valence-corrected chi connectivity index (χ4v) is 5.78. The normalized spacial score (nSPS) is 25.0. The van der Waals surface area contributed by atoms with Gasteiger partial charge in [-0.25, -0.2) is 4.79 Å². The van der Waals surface area contributed by atoms with Crippen LogP contribution in [0.2, 0.25) is 10.0 Å². The van der Waals surface area contributed by atoms with Crippen LogP contribution in [0.5, 0.6) is 0 Å². The molecule has 3 rings (SSSR count). The van der Waals surface area contributed by atoms with Gasteiger partial charge in [-0.2, -0.15) is 0 Å². The summed E-state index contributed by atoms with van der Waals surface area (Å²) in [5, 5.41) is 7.92. The Kier molecular flexibility index (Phi) is 8.80. The SMILES string of the molecule is COC(=O)[C@@H](NC(=O)[C@H]1N[C@H](CC(C)(C)C)[C@@](C)(c2ccc(Cl)cc2)[C@@H]1c1cccc(Cl)c1)C(C)C. The Morgan fingerprint density at radius 2 is 1.72 bits per heavy atom. The Morgan fingerprint density at radius 1 is 1.08 bits per heavy atom. The molecule has 2 aromatic rings. The number of hydrogen-bond donors (Lipinski definition) is 2. The van der Waals surface area contributed by atoms with E-state index in [1.165, 1.54) is 7.11 Å². The number of rotatable bonds is 7. The van der Waals surface area contributed by atoms with E-state index in [-0.39, 0.29) is 29.2 Å². The van der Waals surface area contributed by atoms with Crippen LogP contribution in [0.1, 0.15) is 65.0 Å². The van der Waals surface area contributed by atoms with Gasteiger partial charge in [0.1, 0.15) is 6.04 Å². The molecular formula is C29H38Cl2N2O3. The lowest BCUT2D eigenvalue weighted by molar-refractivity contribution is -0.146. The zero-order valence-corrected chi connectivity index (χ0v) is 23.7. The molecule has 1 saturated heterocycles. The standard InChI is InChI=1S/C29H38Cl2N2O3/c1-17(2)24(27(35)36-7)33-26(34)25-23(18-9-8-10-21(31)15-18)29(6,19-11-13-20(30)14-12-19)22(32-25)16-28(3,4)5/h8-15,17,22-25,32H,16H2,1-7H3,(H,33,34)/t22-,23-,24+,25+,29-/m1/s1. The smallest absolute Gasteiger partial charge is 0.328 e. The summed E-state index contributed by atoms with van der Waals surface area (Å²) in [5.74, 6) is -1.07. The maximum atomic E-state index is 13.9. The second-order valence-corrected chi connectivity index (χ2v) is 12.4. The molecule has 0 radical (unpaired) electrons. The van der Waals surface area contributed by atoms with Crippen molar-refractivity contribution in [1.29, 1.82) is 0 Å². The minimum atomic E-state index is -0.743. The van der Waals surface area contributed by atoms with Crippen LogP contribution in [-0.4, -0.2) is 37.1 Å². The number of carbonyl (C=O) groups excluding carboxylic acids is 2. The highest BCUT2D eigenvalue weighted by Crippen LogP contribution is 2.51. The van der Waals surface area contributed by atoms with E-state index in [0.717, 1.165) is 17.5 Å². The topological polar surface area (TPSA) is 67.4 Å². The summed E-state index contributed by atoms with van der Waals surface area (Å²) in [5.41, 5.74) is 1.58. The molecule has 2 N–H and O–H groups in total. The lowest BCUT2D eigenvalue weighted by Gasteiger charge is -2.40. The quantitative estimate of drug-likeness (QED) is 0.421. The maximum absolute atomic E-state index is 13.9. The summed E-state index contributed by atoms with van der Waals surface area (Å²) in [6.45, 7) is 12.6. The average Bonchev–Trinajstić information content (AvgIpc) is 3.08. The van der Waals surface area contributed by atoms with Gasteiger partial charge in [0, 0.05) is 27.4 Å². The van der Waals surface area contributed by atoms with Crippen LogP contribution in [0.4, 0.5) is 0 Å². The number of ether oxygens (including phenoxy) is 1. The second kappa shape index (κ2) is 11.1. The van der Waals surface area contributed by atoms with E-state index in [2.05, 4.69) is 38.3 Å². The Morgan fingerprint density at radius 3 is 2.25 bits per heavy atom. The molecular weight excluding hydrogens is 495 g/mol. The Bertz CT molecular complexity index is 1080. The van der Waals surface area contributed by atoms with E-state index in [9.17, 15) is 9.59 Å². The Balaban J connectivity index is 2.16. The van der Waals surface area contributed by atoms with Crippen molar-refractivity contribution in [3.8, 4) is 0 Å². The molecule has 5 atom stereocenters. The van der Waals surface area contributed by atoms with Gasteiger partial charge in [0.15, 0.2) is 0 Å². The van der Waals surface area contributed by atoms with Gasteiger partial charge in [0.05, 0.1) is 13.2 Å². The lowest BCUT2D eigenvalue weighted by atomic mass is 9.63. The molecule has 0 spiro atoms. The van der Waals surface area contributed by atoms with Crippen molar-refractivity contribution in [3.63, 3.8) is 0 Å². The number of nitrogens with one attached hydrogen (secondary N) is 2. The fourth-order valence-electron chi connectivity index (χ4n) is 5.46. The van der Waals surface area contributed by atoms with Gasteiger partial charge >= 0.3 is 5.97 Å². The predicted octanol–water partition coefficient (Wildman–Crippen LogP) is 6.13. The minimum Gasteiger partial charge on any atom is -0.467 e. The molecule has 1 aliphatic heterocycles. The molecule has 2 aromatic carbocycles. The van der Waals surface area contributed by atoms with Crippen molar-refractivity contribution in [2.45, 2.75) is 77.4 Å².